The Kier molecular flexibility index (Phi) is 5.06. The van der Waals surface area contributed by atoms with E-state index in [0.717, 1.165) is 4.90 Å². The molecule has 2 N–H and O–H groups in total. The van der Waals surface area contributed by atoms with Gasteiger partial charge >= 0.3 is 0 Å². The summed E-state index contributed by atoms with van der Waals surface area (Å²) in [5.41, 5.74) is 0.115. The third-order valence-electron chi connectivity index (χ3n) is 4.20. The van der Waals surface area contributed by atoms with E-state index >= 15 is 0 Å². The monoisotopic (exact) mass is 375 g/mol. The second kappa shape index (κ2) is 7.27. The molecule has 0 radical (unpaired) electrons. The van der Waals surface area contributed by atoms with Gasteiger partial charge in [-0.15, -0.1) is 0 Å². The Hall–Kier alpha value is -2.70. The second-order valence-corrected chi connectivity index (χ2v) is 6.18. The molecule has 0 saturated carbocycles. The standard InChI is InChI=1S/C19H15ClFNO4/c20-12-7-5-11(6-8-12)17(24)15-16(13-3-1-2-4-14(13)21)22(9-10-23)19(26)18(15)25/h1-8,16,23-24H,9-10H2/b17-15+/t16-/m0/s1. The number of β-amino-alcohol motifs (C(OH)–C–C–N with tert-alkyl or cyclic N) is 1. The molecule has 0 spiro atoms. The van der Waals surface area contributed by atoms with E-state index in [-0.39, 0.29) is 23.2 Å². The first-order valence-electron chi connectivity index (χ1n) is 7.85. The highest BCUT2D eigenvalue weighted by Crippen LogP contribution is 2.40. The third-order valence-corrected chi connectivity index (χ3v) is 4.45. The average molecular weight is 376 g/mol. The number of aliphatic hydroxyl groups is 2. The molecule has 0 bridgehead atoms. The summed E-state index contributed by atoms with van der Waals surface area (Å²) in [6, 6.07) is 10.6. The van der Waals surface area contributed by atoms with Crippen molar-refractivity contribution in [3.63, 3.8) is 0 Å². The number of hydrogen-bond acceptors (Lipinski definition) is 4. The van der Waals surface area contributed by atoms with Crippen LogP contribution in [0.1, 0.15) is 17.2 Å². The lowest BCUT2D eigenvalue weighted by atomic mass is 9.95. The first kappa shape index (κ1) is 18.1. The van der Waals surface area contributed by atoms with E-state index in [4.69, 9.17) is 11.6 Å². The maximum absolute atomic E-state index is 14.4. The molecule has 1 saturated heterocycles. The van der Waals surface area contributed by atoms with Crippen molar-refractivity contribution in [1.82, 2.24) is 4.90 Å². The summed E-state index contributed by atoms with van der Waals surface area (Å²) < 4.78 is 14.4. The van der Waals surface area contributed by atoms with Gasteiger partial charge in [-0.05, 0) is 30.3 Å². The smallest absolute Gasteiger partial charge is 0.295 e. The van der Waals surface area contributed by atoms with Crippen LogP contribution in [0, 0.1) is 5.82 Å². The van der Waals surface area contributed by atoms with Gasteiger partial charge in [-0.25, -0.2) is 4.39 Å². The average Bonchev–Trinajstić information content (AvgIpc) is 2.87. The van der Waals surface area contributed by atoms with E-state index < -0.39 is 35.9 Å². The van der Waals surface area contributed by atoms with Crippen molar-refractivity contribution >= 4 is 29.1 Å². The zero-order valence-corrected chi connectivity index (χ0v) is 14.3. The number of benzene rings is 2. The van der Waals surface area contributed by atoms with Crippen LogP contribution in [0.2, 0.25) is 5.02 Å². The van der Waals surface area contributed by atoms with Crippen LogP contribution in [0.5, 0.6) is 0 Å². The summed E-state index contributed by atoms with van der Waals surface area (Å²) in [6.07, 6.45) is 0. The molecule has 1 aliphatic heterocycles. The number of likely N-dealkylation sites (tertiary alicyclic amines) is 1. The molecule has 1 aliphatic rings. The number of nitrogens with zero attached hydrogens (tertiary/aromatic N) is 1. The Morgan fingerprint density at radius 1 is 1.12 bits per heavy atom. The molecule has 2 aromatic carbocycles. The number of halogens is 2. The summed E-state index contributed by atoms with van der Waals surface area (Å²) in [4.78, 5) is 26.0. The fraction of sp³-hybridized carbons (Fsp3) is 0.158. The quantitative estimate of drug-likeness (QED) is 0.489. The van der Waals surface area contributed by atoms with Crippen LogP contribution in [-0.4, -0.2) is 40.0 Å². The highest BCUT2D eigenvalue weighted by atomic mass is 35.5. The van der Waals surface area contributed by atoms with E-state index in [9.17, 15) is 24.2 Å². The summed E-state index contributed by atoms with van der Waals surface area (Å²) in [6.45, 7) is -0.570. The number of hydrogen-bond donors (Lipinski definition) is 2. The van der Waals surface area contributed by atoms with Crippen LogP contribution in [-0.2, 0) is 9.59 Å². The van der Waals surface area contributed by atoms with E-state index in [2.05, 4.69) is 0 Å². The highest BCUT2D eigenvalue weighted by Gasteiger charge is 2.46. The molecule has 0 aliphatic carbocycles. The predicted molar refractivity (Wildman–Crippen MR) is 93.9 cm³/mol. The lowest BCUT2D eigenvalue weighted by molar-refractivity contribution is -0.140. The van der Waals surface area contributed by atoms with Crippen molar-refractivity contribution in [3.05, 3.63) is 76.1 Å². The Balaban J connectivity index is 2.21. The number of carbonyl (C=O) groups excluding carboxylic acids is 2. The molecule has 5 nitrogen and oxygen atoms in total. The molecule has 26 heavy (non-hydrogen) atoms. The number of Topliss-reactive ketones (excluding diaryl/α,β-unsaturated/α-hetero) is 1. The minimum Gasteiger partial charge on any atom is -0.507 e. The molecular weight excluding hydrogens is 361 g/mol. The van der Waals surface area contributed by atoms with Crippen molar-refractivity contribution in [2.75, 3.05) is 13.2 Å². The van der Waals surface area contributed by atoms with Crippen molar-refractivity contribution < 1.29 is 24.2 Å². The zero-order valence-electron chi connectivity index (χ0n) is 13.5. The number of amides is 1. The van der Waals surface area contributed by atoms with Crippen LogP contribution in [0.25, 0.3) is 5.76 Å². The molecule has 1 heterocycles. The normalized spacial score (nSPS) is 19.2. The zero-order chi connectivity index (χ0) is 18.8. The summed E-state index contributed by atoms with van der Waals surface area (Å²) in [5.74, 6) is -2.87. The number of rotatable bonds is 4. The number of ketones is 1. The van der Waals surface area contributed by atoms with Crippen molar-refractivity contribution in [2.24, 2.45) is 0 Å². The van der Waals surface area contributed by atoms with Gasteiger partial charge in [0.2, 0.25) is 0 Å². The largest absolute Gasteiger partial charge is 0.507 e. The summed E-state index contributed by atoms with van der Waals surface area (Å²) in [5, 5.41) is 20.3. The maximum Gasteiger partial charge on any atom is 0.295 e. The lowest BCUT2D eigenvalue weighted by Gasteiger charge is -2.24. The molecule has 1 amide bonds. The van der Waals surface area contributed by atoms with Gasteiger partial charge in [0.1, 0.15) is 11.6 Å². The highest BCUT2D eigenvalue weighted by molar-refractivity contribution is 6.46. The van der Waals surface area contributed by atoms with Gasteiger partial charge in [0.15, 0.2) is 0 Å². The van der Waals surface area contributed by atoms with E-state index in [1.54, 1.807) is 6.07 Å². The number of carbonyl (C=O) groups is 2. The first-order valence-corrected chi connectivity index (χ1v) is 8.23. The predicted octanol–water partition coefficient (Wildman–Crippen LogP) is 2.89. The Labute approximate surface area is 153 Å². The van der Waals surface area contributed by atoms with E-state index in [1.807, 2.05) is 0 Å². The van der Waals surface area contributed by atoms with Gasteiger partial charge in [-0.1, -0.05) is 29.8 Å². The van der Waals surface area contributed by atoms with Crippen molar-refractivity contribution in [1.29, 1.82) is 0 Å². The minimum atomic E-state index is -1.13. The second-order valence-electron chi connectivity index (χ2n) is 5.74. The van der Waals surface area contributed by atoms with Crippen LogP contribution < -0.4 is 0 Å². The molecule has 0 aromatic heterocycles. The molecule has 3 rings (SSSR count). The molecule has 0 unspecified atom stereocenters. The van der Waals surface area contributed by atoms with Gasteiger partial charge in [0, 0.05) is 22.7 Å². The molecule has 134 valence electrons. The molecular formula is C19H15ClFNO4. The molecule has 7 heteroatoms. The van der Waals surface area contributed by atoms with E-state index in [1.165, 1.54) is 42.5 Å². The van der Waals surface area contributed by atoms with Crippen molar-refractivity contribution in [2.45, 2.75) is 6.04 Å². The minimum absolute atomic E-state index is 0.0654. The number of aliphatic hydroxyl groups excluding tert-OH is 2. The Bertz CT molecular complexity index is 895. The van der Waals surface area contributed by atoms with Crippen LogP contribution in [0.3, 0.4) is 0 Å². The Morgan fingerprint density at radius 3 is 2.38 bits per heavy atom. The van der Waals surface area contributed by atoms with Crippen LogP contribution in [0.15, 0.2) is 54.1 Å². The summed E-state index contributed by atoms with van der Waals surface area (Å²) >= 11 is 5.83. The van der Waals surface area contributed by atoms with Crippen LogP contribution in [0.4, 0.5) is 4.39 Å². The van der Waals surface area contributed by atoms with Crippen LogP contribution >= 0.6 is 11.6 Å². The van der Waals surface area contributed by atoms with Gasteiger partial charge in [-0.3, -0.25) is 9.59 Å². The maximum atomic E-state index is 14.4. The van der Waals surface area contributed by atoms with Gasteiger partial charge in [-0.2, -0.15) is 0 Å². The fourth-order valence-corrected chi connectivity index (χ4v) is 3.13. The SMILES string of the molecule is O=C1C(=O)N(CCO)[C@@H](c2ccccc2F)/C1=C(\O)c1ccc(Cl)cc1. The van der Waals surface area contributed by atoms with Gasteiger partial charge in [0.05, 0.1) is 18.2 Å². The van der Waals surface area contributed by atoms with Gasteiger partial charge in [0.25, 0.3) is 11.7 Å². The molecule has 1 fully saturated rings. The van der Waals surface area contributed by atoms with E-state index in [0.29, 0.717) is 5.02 Å². The Morgan fingerprint density at radius 2 is 1.77 bits per heavy atom. The third kappa shape index (κ3) is 3.09. The van der Waals surface area contributed by atoms with Gasteiger partial charge < -0.3 is 15.1 Å². The fourth-order valence-electron chi connectivity index (χ4n) is 3.00. The molecule has 1 atom stereocenters. The summed E-state index contributed by atoms with van der Waals surface area (Å²) in [7, 11) is 0. The lowest BCUT2D eigenvalue weighted by Crippen LogP contribution is -2.32. The van der Waals surface area contributed by atoms with Crippen molar-refractivity contribution in [3.8, 4) is 0 Å². The topological polar surface area (TPSA) is 77.8 Å². The first-order chi connectivity index (χ1) is 12.5. The molecule has 2 aromatic rings.